The summed E-state index contributed by atoms with van der Waals surface area (Å²) in [5.74, 6) is 0.928. The topological polar surface area (TPSA) is 46.1 Å². The molecule has 0 saturated carbocycles. The highest BCUT2D eigenvalue weighted by atomic mass is 32.1. The van der Waals surface area contributed by atoms with Gasteiger partial charge in [-0.2, -0.15) is 0 Å². The van der Waals surface area contributed by atoms with Crippen LogP contribution in [-0.4, -0.2) is 41.1 Å². The molecule has 0 aromatic carbocycles. The molecule has 17 heavy (non-hydrogen) atoms. The lowest BCUT2D eigenvalue weighted by Crippen LogP contribution is -2.38. The molecular formula is C11H20N4OS. The fourth-order valence-electron chi connectivity index (χ4n) is 2.25. The van der Waals surface area contributed by atoms with E-state index in [2.05, 4.69) is 40.6 Å². The summed E-state index contributed by atoms with van der Waals surface area (Å²) in [4.78, 5) is 2.22. The Morgan fingerprint density at radius 2 is 2.12 bits per heavy atom. The quantitative estimate of drug-likeness (QED) is 0.842. The van der Waals surface area contributed by atoms with Crippen molar-refractivity contribution >= 4 is 18.2 Å². The number of hydrogen-bond donors (Lipinski definition) is 1. The molecule has 0 bridgehead atoms. The van der Waals surface area contributed by atoms with Crippen LogP contribution in [0.3, 0.4) is 0 Å². The lowest BCUT2D eigenvalue weighted by atomic mass is 10.1. The first-order valence-electron chi connectivity index (χ1n) is 6.08. The number of H-pyrrole nitrogens is 1. The van der Waals surface area contributed by atoms with Crippen LogP contribution in [0.5, 0.6) is 0 Å². The average Bonchev–Trinajstić information content (AvgIpc) is 2.71. The van der Waals surface area contributed by atoms with Crippen molar-refractivity contribution in [3.05, 3.63) is 4.77 Å². The van der Waals surface area contributed by atoms with Gasteiger partial charge < -0.3 is 9.64 Å². The van der Waals surface area contributed by atoms with E-state index in [9.17, 15) is 0 Å². The van der Waals surface area contributed by atoms with Crippen LogP contribution in [0.4, 0.5) is 5.95 Å². The number of aromatic amines is 1. The minimum absolute atomic E-state index is 0.318. The maximum atomic E-state index is 5.39. The van der Waals surface area contributed by atoms with Crippen molar-refractivity contribution in [1.29, 1.82) is 0 Å². The molecule has 1 fully saturated rings. The Kier molecular flexibility index (Phi) is 3.83. The van der Waals surface area contributed by atoms with Crippen LogP contribution < -0.4 is 4.90 Å². The standard InChI is InChI=1S/C11H20N4OS/c1-8(2)15-10(12-13-11(15)17)14(3)9-4-6-16-7-5-9/h8-9H,4-7H2,1-3H3,(H,13,17). The molecule has 5 nitrogen and oxygen atoms in total. The molecule has 1 aromatic heterocycles. The number of hydrogen-bond acceptors (Lipinski definition) is 4. The SMILES string of the molecule is CC(C)n1c(N(C)C2CCOCC2)n[nH]c1=S. The Bertz CT molecular complexity index is 419. The highest BCUT2D eigenvalue weighted by molar-refractivity contribution is 7.71. The second-order valence-corrected chi connectivity index (χ2v) is 5.13. The predicted octanol–water partition coefficient (Wildman–Crippen LogP) is 2.14. The predicted molar refractivity (Wildman–Crippen MR) is 70.0 cm³/mol. The number of anilines is 1. The minimum Gasteiger partial charge on any atom is -0.381 e. The molecule has 0 spiro atoms. The molecule has 0 atom stereocenters. The normalized spacial score (nSPS) is 17.6. The molecule has 2 heterocycles. The van der Waals surface area contributed by atoms with Crippen LogP contribution in [0.2, 0.25) is 0 Å². The maximum absolute atomic E-state index is 5.39. The lowest BCUT2D eigenvalue weighted by molar-refractivity contribution is 0.0850. The van der Waals surface area contributed by atoms with E-state index < -0.39 is 0 Å². The van der Waals surface area contributed by atoms with Crippen molar-refractivity contribution < 1.29 is 4.74 Å². The third kappa shape index (κ3) is 2.52. The number of nitrogens with one attached hydrogen (secondary N) is 1. The Morgan fingerprint density at radius 3 is 2.71 bits per heavy atom. The van der Waals surface area contributed by atoms with Gasteiger partial charge in [0, 0.05) is 32.3 Å². The van der Waals surface area contributed by atoms with Crippen LogP contribution in [0.25, 0.3) is 0 Å². The summed E-state index contributed by atoms with van der Waals surface area (Å²) < 4.78 is 8.14. The van der Waals surface area contributed by atoms with E-state index in [-0.39, 0.29) is 0 Å². The number of ether oxygens (including phenoxy) is 1. The molecular weight excluding hydrogens is 236 g/mol. The number of aromatic nitrogens is 3. The van der Waals surface area contributed by atoms with Crippen molar-refractivity contribution in [2.75, 3.05) is 25.2 Å². The van der Waals surface area contributed by atoms with E-state index in [0.29, 0.717) is 16.9 Å². The molecule has 0 aliphatic carbocycles. The van der Waals surface area contributed by atoms with E-state index >= 15 is 0 Å². The van der Waals surface area contributed by atoms with Gasteiger partial charge in [-0.15, -0.1) is 5.10 Å². The first kappa shape index (κ1) is 12.6. The van der Waals surface area contributed by atoms with Crippen molar-refractivity contribution in [2.45, 2.75) is 38.8 Å². The lowest BCUT2D eigenvalue weighted by Gasteiger charge is -2.32. The molecule has 6 heteroatoms. The smallest absolute Gasteiger partial charge is 0.225 e. The van der Waals surface area contributed by atoms with Crippen molar-refractivity contribution in [2.24, 2.45) is 0 Å². The van der Waals surface area contributed by atoms with Gasteiger partial charge in [-0.05, 0) is 38.9 Å². The van der Waals surface area contributed by atoms with E-state index in [1.165, 1.54) is 0 Å². The first-order valence-corrected chi connectivity index (χ1v) is 6.49. The van der Waals surface area contributed by atoms with Gasteiger partial charge in [-0.3, -0.25) is 4.57 Å². The van der Waals surface area contributed by atoms with E-state index in [0.717, 1.165) is 32.0 Å². The second-order valence-electron chi connectivity index (χ2n) is 4.75. The van der Waals surface area contributed by atoms with Gasteiger partial charge in [0.1, 0.15) is 0 Å². The fraction of sp³-hybridized carbons (Fsp3) is 0.818. The zero-order valence-electron chi connectivity index (χ0n) is 10.6. The largest absolute Gasteiger partial charge is 0.381 e. The number of rotatable bonds is 3. The van der Waals surface area contributed by atoms with Crippen molar-refractivity contribution in [3.8, 4) is 0 Å². The summed E-state index contributed by atoms with van der Waals surface area (Å²) in [6, 6.07) is 0.810. The van der Waals surface area contributed by atoms with Crippen LogP contribution >= 0.6 is 12.2 Å². The molecule has 0 radical (unpaired) electrons. The summed E-state index contributed by atoms with van der Waals surface area (Å²) in [5.41, 5.74) is 0. The minimum atomic E-state index is 0.318. The molecule has 0 amide bonds. The monoisotopic (exact) mass is 256 g/mol. The van der Waals surface area contributed by atoms with Gasteiger partial charge in [0.15, 0.2) is 4.77 Å². The Balaban J connectivity index is 2.23. The zero-order chi connectivity index (χ0) is 12.4. The third-order valence-electron chi connectivity index (χ3n) is 3.26. The van der Waals surface area contributed by atoms with Crippen LogP contribution in [0.15, 0.2) is 0 Å². The summed E-state index contributed by atoms with van der Waals surface area (Å²) in [6.07, 6.45) is 2.10. The van der Waals surface area contributed by atoms with Crippen molar-refractivity contribution in [1.82, 2.24) is 14.8 Å². The molecule has 0 unspecified atom stereocenters. The van der Waals surface area contributed by atoms with Gasteiger partial charge in [0.25, 0.3) is 0 Å². The Hall–Kier alpha value is -0.880. The molecule has 96 valence electrons. The van der Waals surface area contributed by atoms with Gasteiger partial charge in [-0.25, -0.2) is 5.10 Å². The van der Waals surface area contributed by atoms with Gasteiger partial charge in [-0.1, -0.05) is 0 Å². The third-order valence-corrected chi connectivity index (χ3v) is 3.54. The summed E-state index contributed by atoms with van der Waals surface area (Å²) in [5, 5.41) is 7.22. The highest BCUT2D eigenvalue weighted by Crippen LogP contribution is 2.22. The molecule has 1 saturated heterocycles. The first-order chi connectivity index (χ1) is 8.11. The van der Waals surface area contributed by atoms with E-state index in [1.54, 1.807) is 0 Å². The van der Waals surface area contributed by atoms with E-state index in [4.69, 9.17) is 17.0 Å². The average molecular weight is 256 g/mol. The molecule has 1 aromatic rings. The van der Waals surface area contributed by atoms with Crippen LogP contribution in [0.1, 0.15) is 32.7 Å². The molecule has 1 aliphatic heterocycles. The van der Waals surface area contributed by atoms with Crippen LogP contribution in [-0.2, 0) is 4.74 Å². The second kappa shape index (κ2) is 5.18. The summed E-state index contributed by atoms with van der Waals surface area (Å²) in [7, 11) is 2.08. The highest BCUT2D eigenvalue weighted by Gasteiger charge is 2.23. The van der Waals surface area contributed by atoms with Crippen molar-refractivity contribution in [3.63, 3.8) is 0 Å². The summed E-state index contributed by atoms with van der Waals surface area (Å²) >= 11 is 5.26. The molecule has 2 rings (SSSR count). The maximum Gasteiger partial charge on any atom is 0.225 e. The van der Waals surface area contributed by atoms with Gasteiger partial charge in [0.05, 0.1) is 0 Å². The molecule has 1 aliphatic rings. The fourth-order valence-corrected chi connectivity index (χ4v) is 2.58. The van der Waals surface area contributed by atoms with Gasteiger partial charge in [0.2, 0.25) is 5.95 Å². The summed E-state index contributed by atoms with van der Waals surface area (Å²) in [6.45, 7) is 5.91. The number of nitrogens with zero attached hydrogens (tertiary/aromatic N) is 3. The van der Waals surface area contributed by atoms with Crippen LogP contribution in [0, 0.1) is 4.77 Å². The van der Waals surface area contributed by atoms with E-state index in [1.807, 2.05) is 0 Å². The zero-order valence-corrected chi connectivity index (χ0v) is 11.5. The Labute approximate surface area is 107 Å². The molecule has 1 N–H and O–H groups in total. The Morgan fingerprint density at radius 1 is 1.47 bits per heavy atom. The van der Waals surface area contributed by atoms with Gasteiger partial charge >= 0.3 is 0 Å².